The van der Waals surface area contributed by atoms with Gasteiger partial charge in [-0.1, -0.05) is 30.3 Å². The van der Waals surface area contributed by atoms with Crippen molar-refractivity contribution in [2.75, 3.05) is 32.7 Å². The number of nitrogens with zero attached hydrogens (tertiary/aromatic N) is 2. The Labute approximate surface area is 129 Å². The smallest absolute Gasteiger partial charge is 0.0236 e. The maximum Gasteiger partial charge on any atom is 0.0236 e. The first-order chi connectivity index (χ1) is 10.3. The van der Waals surface area contributed by atoms with Crippen molar-refractivity contribution in [2.45, 2.75) is 38.3 Å². The van der Waals surface area contributed by atoms with Gasteiger partial charge in [0.25, 0.3) is 0 Å². The van der Waals surface area contributed by atoms with E-state index in [-0.39, 0.29) is 0 Å². The van der Waals surface area contributed by atoms with E-state index in [2.05, 4.69) is 40.1 Å². The predicted octanol–water partition coefficient (Wildman–Crippen LogP) is 2.32. The SMILES string of the molecule is NCCN1CCC(CN(Cc2ccccc2)C2CC2)CC1. The molecule has 3 nitrogen and oxygen atoms in total. The fraction of sp³-hybridized carbons (Fsp3) is 0.667. The third-order valence-electron chi connectivity index (χ3n) is 4.94. The van der Waals surface area contributed by atoms with Crippen LogP contribution in [-0.4, -0.2) is 48.6 Å². The van der Waals surface area contributed by atoms with Gasteiger partial charge in [-0.25, -0.2) is 0 Å². The van der Waals surface area contributed by atoms with Crippen LogP contribution < -0.4 is 5.73 Å². The summed E-state index contributed by atoms with van der Waals surface area (Å²) in [6, 6.07) is 11.8. The van der Waals surface area contributed by atoms with Crippen LogP contribution >= 0.6 is 0 Å². The average molecular weight is 287 g/mol. The van der Waals surface area contributed by atoms with Crippen LogP contribution in [0.4, 0.5) is 0 Å². The van der Waals surface area contributed by atoms with Crippen LogP contribution in [-0.2, 0) is 6.54 Å². The molecule has 0 atom stereocenters. The fourth-order valence-electron chi connectivity index (χ4n) is 3.51. The molecule has 0 bridgehead atoms. The highest BCUT2D eigenvalue weighted by Crippen LogP contribution is 2.30. The zero-order chi connectivity index (χ0) is 14.5. The van der Waals surface area contributed by atoms with E-state index in [1.54, 1.807) is 0 Å². The average Bonchev–Trinajstić information content (AvgIpc) is 3.35. The number of likely N-dealkylation sites (tertiary alicyclic amines) is 1. The molecule has 1 aliphatic carbocycles. The van der Waals surface area contributed by atoms with Gasteiger partial charge in [0.2, 0.25) is 0 Å². The van der Waals surface area contributed by atoms with Gasteiger partial charge in [0.1, 0.15) is 0 Å². The second-order valence-corrected chi connectivity index (χ2v) is 6.72. The summed E-state index contributed by atoms with van der Waals surface area (Å²) in [5.74, 6) is 0.878. The van der Waals surface area contributed by atoms with Gasteiger partial charge in [-0.3, -0.25) is 4.90 Å². The third-order valence-corrected chi connectivity index (χ3v) is 4.94. The minimum atomic E-state index is 0.798. The Balaban J connectivity index is 1.50. The Bertz CT molecular complexity index is 408. The second-order valence-electron chi connectivity index (χ2n) is 6.72. The molecular formula is C18H29N3. The molecule has 1 aromatic rings. The van der Waals surface area contributed by atoms with Gasteiger partial charge in [-0.15, -0.1) is 0 Å². The van der Waals surface area contributed by atoms with Gasteiger partial charge in [-0.2, -0.15) is 0 Å². The molecule has 1 saturated carbocycles. The quantitative estimate of drug-likeness (QED) is 0.835. The van der Waals surface area contributed by atoms with E-state index in [4.69, 9.17) is 5.73 Å². The first-order valence-electron chi connectivity index (χ1n) is 8.55. The van der Waals surface area contributed by atoms with Crippen LogP contribution in [0, 0.1) is 5.92 Å². The molecule has 1 saturated heterocycles. The molecule has 0 unspecified atom stereocenters. The normalized spacial score (nSPS) is 21.0. The zero-order valence-corrected chi connectivity index (χ0v) is 13.1. The minimum Gasteiger partial charge on any atom is -0.329 e. The third kappa shape index (κ3) is 4.53. The Kier molecular flexibility index (Phi) is 5.28. The maximum atomic E-state index is 5.66. The molecule has 21 heavy (non-hydrogen) atoms. The molecular weight excluding hydrogens is 258 g/mol. The van der Waals surface area contributed by atoms with Crippen molar-refractivity contribution in [1.82, 2.24) is 9.80 Å². The Morgan fingerprint density at radius 2 is 1.76 bits per heavy atom. The van der Waals surface area contributed by atoms with Crippen LogP contribution in [0.3, 0.4) is 0 Å². The molecule has 1 aliphatic heterocycles. The van der Waals surface area contributed by atoms with Crippen molar-refractivity contribution in [2.24, 2.45) is 11.7 Å². The van der Waals surface area contributed by atoms with Crippen molar-refractivity contribution >= 4 is 0 Å². The molecule has 3 rings (SSSR count). The van der Waals surface area contributed by atoms with Crippen LogP contribution in [0.2, 0.25) is 0 Å². The van der Waals surface area contributed by atoms with Gasteiger partial charge in [0.05, 0.1) is 0 Å². The lowest BCUT2D eigenvalue weighted by molar-refractivity contribution is 0.138. The van der Waals surface area contributed by atoms with E-state index < -0.39 is 0 Å². The maximum absolute atomic E-state index is 5.66. The molecule has 116 valence electrons. The second kappa shape index (κ2) is 7.39. The highest BCUT2D eigenvalue weighted by atomic mass is 15.2. The topological polar surface area (TPSA) is 32.5 Å². The Morgan fingerprint density at radius 1 is 1.05 bits per heavy atom. The molecule has 2 aliphatic rings. The summed E-state index contributed by atoms with van der Waals surface area (Å²) >= 11 is 0. The molecule has 2 fully saturated rings. The number of benzene rings is 1. The lowest BCUT2D eigenvalue weighted by atomic mass is 9.96. The number of piperidine rings is 1. The Morgan fingerprint density at radius 3 is 2.38 bits per heavy atom. The van der Waals surface area contributed by atoms with E-state index in [0.29, 0.717) is 0 Å². The van der Waals surface area contributed by atoms with Crippen molar-refractivity contribution in [1.29, 1.82) is 0 Å². The van der Waals surface area contributed by atoms with E-state index in [0.717, 1.165) is 31.6 Å². The van der Waals surface area contributed by atoms with Crippen molar-refractivity contribution in [3.8, 4) is 0 Å². The summed E-state index contributed by atoms with van der Waals surface area (Å²) in [6.07, 6.45) is 5.49. The van der Waals surface area contributed by atoms with Gasteiger partial charge in [0.15, 0.2) is 0 Å². The molecule has 3 heteroatoms. The first kappa shape index (κ1) is 15.0. The first-order valence-corrected chi connectivity index (χ1v) is 8.55. The molecule has 0 aromatic heterocycles. The van der Waals surface area contributed by atoms with Gasteiger partial charge in [-0.05, 0) is 50.3 Å². The fourth-order valence-corrected chi connectivity index (χ4v) is 3.51. The number of hydrogen-bond donors (Lipinski definition) is 1. The lowest BCUT2D eigenvalue weighted by Gasteiger charge is -2.35. The Hall–Kier alpha value is -0.900. The van der Waals surface area contributed by atoms with Gasteiger partial charge >= 0.3 is 0 Å². The van der Waals surface area contributed by atoms with Crippen LogP contribution in [0.5, 0.6) is 0 Å². The monoisotopic (exact) mass is 287 g/mol. The standard InChI is InChI=1S/C18H29N3/c19-10-13-20-11-8-17(9-12-20)15-21(18-6-7-18)14-16-4-2-1-3-5-16/h1-5,17-18H,6-15,19H2. The van der Waals surface area contributed by atoms with Crippen molar-refractivity contribution in [3.05, 3.63) is 35.9 Å². The van der Waals surface area contributed by atoms with Crippen LogP contribution in [0.25, 0.3) is 0 Å². The van der Waals surface area contributed by atoms with Crippen LogP contribution in [0.15, 0.2) is 30.3 Å². The predicted molar refractivity (Wildman–Crippen MR) is 88.1 cm³/mol. The van der Waals surface area contributed by atoms with E-state index in [9.17, 15) is 0 Å². The summed E-state index contributed by atoms with van der Waals surface area (Å²) in [4.78, 5) is 5.26. The van der Waals surface area contributed by atoms with Gasteiger partial charge < -0.3 is 10.6 Å². The molecule has 1 heterocycles. The summed E-state index contributed by atoms with van der Waals surface area (Å²) in [6.45, 7) is 6.78. The summed E-state index contributed by atoms with van der Waals surface area (Å²) in [5.41, 5.74) is 7.12. The highest BCUT2D eigenvalue weighted by Gasteiger charge is 2.31. The molecule has 0 amide bonds. The minimum absolute atomic E-state index is 0.798. The largest absolute Gasteiger partial charge is 0.329 e. The van der Waals surface area contributed by atoms with E-state index in [1.807, 2.05) is 0 Å². The number of nitrogens with two attached hydrogens (primary N) is 1. The van der Waals surface area contributed by atoms with Crippen molar-refractivity contribution < 1.29 is 0 Å². The molecule has 0 spiro atoms. The van der Waals surface area contributed by atoms with E-state index >= 15 is 0 Å². The number of rotatable bonds is 7. The zero-order valence-electron chi connectivity index (χ0n) is 13.1. The molecule has 2 N–H and O–H groups in total. The molecule has 1 aromatic carbocycles. The van der Waals surface area contributed by atoms with E-state index in [1.165, 1.54) is 50.9 Å². The van der Waals surface area contributed by atoms with Crippen molar-refractivity contribution in [3.63, 3.8) is 0 Å². The highest BCUT2D eigenvalue weighted by molar-refractivity contribution is 5.15. The summed E-state index contributed by atoms with van der Waals surface area (Å²) in [7, 11) is 0. The summed E-state index contributed by atoms with van der Waals surface area (Å²) in [5, 5.41) is 0. The molecule has 0 radical (unpaired) electrons. The number of hydrogen-bond acceptors (Lipinski definition) is 3. The summed E-state index contributed by atoms with van der Waals surface area (Å²) < 4.78 is 0. The van der Waals surface area contributed by atoms with Crippen LogP contribution in [0.1, 0.15) is 31.2 Å². The lowest BCUT2D eigenvalue weighted by Crippen LogP contribution is -2.41. The van der Waals surface area contributed by atoms with Gasteiger partial charge in [0, 0.05) is 32.2 Å².